The molecular formula is C3H10S2. The molecular weight excluding hydrogens is 100 g/mol. The molecule has 0 aromatic carbocycles. The highest BCUT2D eigenvalue weighted by Crippen LogP contribution is 1.91. The van der Waals surface area contributed by atoms with Crippen LogP contribution in [0.15, 0.2) is 0 Å². The highest BCUT2D eigenvalue weighted by molar-refractivity contribution is 8.68. The van der Waals surface area contributed by atoms with Crippen molar-refractivity contribution >= 4 is 22.5 Å². The highest BCUT2D eigenvalue weighted by Gasteiger charge is 1.34. The fourth-order valence-electron chi connectivity index (χ4n) is 0. The molecule has 0 aliphatic heterocycles. The average Bonchev–Trinajstić information content (AvgIpc) is 1.46. The summed E-state index contributed by atoms with van der Waals surface area (Å²) in [5.74, 6) is 0. The lowest BCUT2D eigenvalue weighted by Crippen LogP contribution is -1.08. The maximum atomic E-state index is 3.71. The first kappa shape index (κ1) is 9.20. The van der Waals surface area contributed by atoms with Crippen LogP contribution in [0.25, 0.3) is 0 Å². The van der Waals surface area contributed by atoms with Crippen LogP contribution in [0.3, 0.4) is 0 Å². The zero-order chi connectivity index (χ0) is 4.71. The van der Waals surface area contributed by atoms with Crippen LogP contribution in [0.4, 0.5) is 0 Å². The Hall–Kier alpha value is 0.700. The van der Waals surface area contributed by atoms with E-state index in [4.69, 9.17) is 0 Å². The molecule has 0 saturated carbocycles. The number of rotatable bonds is 0. The topological polar surface area (TPSA) is 0 Å². The Kier molecular flexibility index (Phi) is 41.0. The minimum Gasteiger partial charge on any atom is -0.112 e. The van der Waals surface area contributed by atoms with E-state index in [2.05, 4.69) is 11.7 Å². The summed E-state index contributed by atoms with van der Waals surface area (Å²) in [6.07, 6.45) is 1.91. The molecule has 0 aliphatic rings. The molecule has 0 nitrogen and oxygen atoms in total. The molecule has 0 radical (unpaired) electrons. The smallest absolute Gasteiger partial charge is 0.00816 e. The number of thiol groups is 1. The molecule has 0 fully saturated rings. The third-order valence-electron chi connectivity index (χ3n) is 0. The van der Waals surface area contributed by atoms with Crippen molar-refractivity contribution in [3.8, 4) is 0 Å². The molecule has 0 bridgehead atoms. The van der Waals surface area contributed by atoms with Crippen LogP contribution in [0.2, 0.25) is 0 Å². The van der Waals surface area contributed by atoms with E-state index < -0.39 is 0 Å². The Morgan fingerprint density at radius 1 is 1.40 bits per heavy atom. The largest absolute Gasteiger partial charge is 0.112 e. The van der Waals surface area contributed by atoms with Crippen molar-refractivity contribution in [3.05, 3.63) is 0 Å². The van der Waals surface area contributed by atoms with Gasteiger partial charge in [-0.1, -0.05) is 13.8 Å². The summed E-state index contributed by atoms with van der Waals surface area (Å²) in [4.78, 5) is 0. The van der Waals surface area contributed by atoms with Crippen LogP contribution in [0, 0.1) is 0 Å². The Bertz CT molecular complexity index is 4.85. The van der Waals surface area contributed by atoms with E-state index in [-0.39, 0.29) is 0 Å². The molecule has 0 atom stereocenters. The molecule has 2 heteroatoms. The van der Waals surface area contributed by atoms with Crippen LogP contribution in [0.1, 0.15) is 13.8 Å². The van der Waals surface area contributed by atoms with Gasteiger partial charge in [0, 0.05) is 0 Å². The van der Waals surface area contributed by atoms with Gasteiger partial charge < -0.3 is 0 Å². The molecule has 0 aromatic rings. The van der Waals surface area contributed by atoms with Crippen molar-refractivity contribution in [2.75, 3.05) is 6.26 Å². The van der Waals surface area contributed by atoms with Crippen molar-refractivity contribution in [2.24, 2.45) is 0 Å². The maximum Gasteiger partial charge on any atom is -0.00816 e. The van der Waals surface area contributed by atoms with E-state index in [1.54, 1.807) is 0 Å². The van der Waals surface area contributed by atoms with E-state index in [0.29, 0.717) is 0 Å². The summed E-state index contributed by atoms with van der Waals surface area (Å²) in [7, 11) is 1.44. The average molecular weight is 110 g/mol. The summed E-state index contributed by atoms with van der Waals surface area (Å²) in [5, 5.41) is 0. The summed E-state index contributed by atoms with van der Waals surface area (Å²) < 4.78 is 0. The van der Waals surface area contributed by atoms with Crippen molar-refractivity contribution < 1.29 is 0 Å². The van der Waals surface area contributed by atoms with Crippen LogP contribution in [-0.4, -0.2) is 6.26 Å². The monoisotopic (exact) mass is 110 g/mol. The van der Waals surface area contributed by atoms with Gasteiger partial charge in [-0.05, 0) is 6.26 Å². The normalized spacial score (nSPS) is 4.80. The molecule has 0 aromatic heterocycles. The van der Waals surface area contributed by atoms with Gasteiger partial charge in [-0.15, -0.1) is 22.5 Å². The minimum absolute atomic E-state index is 1.44. The van der Waals surface area contributed by atoms with Crippen LogP contribution < -0.4 is 0 Å². The molecule has 0 spiro atoms. The molecule has 0 N–H and O–H groups in total. The zero-order valence-corrected chi connectivity index (χ0v) is 5.57. The Morgan fingerprint density at radius 3 is 1.40 bits per heavy atom. The van der Waals surface area contributed by atoms with E-state index in [0.717, 1.165) is 0 Å². The van der Waals surface area contributed by atoms with Gasteiger partial charge >= 0.3 is 0 Å². The van der Waals surface area contributed by atoms with Gasteiger partial charge in [0.1, 0.15) is 0 Å². The van der Waals surface area contributed by atoms with Crippen molar-refractivity contribution in [1.82, 2.24) is 0 Å². The molecule has 0 rings (SSSR count). The second kappa shape index (κ2) is 22.3. The van der Waals surface area contributed by atoms with Crippen molar-refractivity contribution in [1.29, 1.82) is 0 Å². The molecule has 0 unspecified atom stereocenters. The van der Waals surface area contributed by atoms with Crippen LogP contribution in [-0.2, 0) is 0 Å². The number of hydrogen-bond donors (Lipinski definition) is 1. The van der Waals surface area contributed by atoms with Crippen molar-refractivity contribution in [3.63, 3.8) is 0 Å². The van der Waals surface area contributed by atoms with Crippen molar-refractivity contribution in [2.45, 2.75) is 13.8 Å². The molecule has 5 heavy (non-hydrogen) atoms. The van der Waals surface area contributed by atoms with E-state index in [1.165, 1.54) is 10.8 Å². The Morgan fingerprint density at radius 2 is 1.40 bits per heavy atom. The predicted molar refractivity (Wildman–Crippen MR) is 33.8 cm³/mol. The predicted octanol–water partition coefficient (Wildman–Crippen LogP) is 2.22. The highest BCUT2D eigenvalue weighted by atomic mass is 33.1. The van der Waals surface area contributed by atoms with Gasteiger partial charge in [-0.25, -0.2) is 0 Å². The van der Waals surface area contributed by atoms with Gasteiger partial charge in [0.2, 0.25) is 0 Å². The molecule has 0 aliphatic carbocycles. The third-order valence-corrected chi connectivity index (χ3v) is 0. The van der Waals surface area contributed by atoms with Gasteiger partial charge in [-0.2, -0.15) is 0 Å². The second-order valence-electron chi connectivity index (χ2n) is 0.183. The number of hydrogen-bond acceptors (Lipinski definition) is 2. The third kappa shape index (κ3) is 69.9. The van der Waals surface area contributed by atoms with Crippen LogP contribution in [0.5, 0.6) is 0 Å². The lowest BCUT2D eigenvalue weighted by molar-refractivity contribution is 1.50. The standard InChI is InChI=1S/C2H6.CH4S2/c1-2;1-3-2/h1-2H3;2H,1H3. The van der Waals surface area contributed by atoms with Gasteiger partial charge in [0.15, 0.2) is 0 Å². The minimum atomic E-state index is 1.44. The summed E-state index contributed by atoms with van der Waals surface area (Å²) in [6.45, 7) is 4.00. The second-order valence-corrected chi connectivity index (χ2v) is 1.64. The molecule has 0 heterocycles. The lowest BCUT2D eigenvalue weighted by atomic mass is 11.0. The fraction of sp³-hybridized carbons (Fsp3) is 1.00. The van der Waals surface area contributed by atoms with Gasteiger partial charge in [-0.3, -0.25) is 0 Å². The molecule has 0 amide bonds. The lowest BCUT2D eigenvalue weighted by Gasteiger charge is -1.50. The summed E-state index contributed by atoms with van der Waals surface area (Å²) >= 11 is 3.71. The first-order valence-corrected chi connectivity index (χ1v) is 3.87. The quantitative estimate of drug-likeness (QED) is 0.368. The fourth-order valence-corrected chi connectivity index (χ4v) is 0. The van der Waals surface area contributed by atoms with E-state index in [1.807, 2.05) is 20.1 Å². The van der Waals surface area contributed by atoms with Gasteiger partial charge in [0.25, 0.3) is 0 Å². The Balaban J connectivity index is 0. The van der Waals surface area contributed by atoms with E-state index in [9.17, 15) is 0 Å². The first-order chi connectivity index (χ1) is 2.41. The first-order valence-electron chi connectivity index (χ1n) is 1.59. The van der Waals surface area contributed by atoms with Gasteiger partial charge in [0.05, 0.1) is 0 Å². The summed E-state index contributed by atoms with van der Waals surface area (Å²) in [6, 6.07) is 0. The molecule has 0 saturated heterocycles. The van der Waals surface area contributed by atoms with Crippen LogP contribution >= 0.6 is 22.5 Å². The zero-order valence-electron chi connectivity index (χ0n) is 3.86. The van der Waals surface area contributed by atoms with E-state index >= 15 is 0 Å². The molecule has 34 valence electrons. The summed E-state index contributed by atoms with van der Waals surface area (Å²) in [5.41, 5.74) is 0. The SMILES string of the molecule is CC.CSS. The maximum absolute atomic E-state index is 3.71. The Labute approximate surface area is 43.2 Å².